The molecule has 1 saturated carbocycles. The Bertz CT molecular complexity index is 973. The lowest BCUT2D eigenvalue weighted by atomic mass is 9.98. The summed E-state index contributed by atoms with van der Waals surface area (Å²) in [6, 6.07) is 10.1. The van der Waals surface area contributed by atoms with Gasteiger partial charge in [-0.25, -0.2) is 9.48 Å². The summed E-state index contributed by atoms with van der Waals surface area (Å²) in [6.07, 6.45) is 1.80. The van der Waals surface area contributed by atoms with Gasteiger partial charge in [-0.05, 0) is 45.1 Å². The van der Waals surface area contributed by atoms with Crippen LogP contribution in [0.1, 0.15) is 46.9 Å². The highest BCUT2D eigenvalue weighted by atomic mass is 35.5. The van der Waals surface area contributed by atoms with E-state index >= 15 is 0 Å². The third-order valence-corrected chi connectivity index (χ3v) is 5.47. The molecule has 1 N–H and O–H groups in total. The molecule has 1 aromatic carbocycles. The first-order valence-corrected chi connectivity index (χ1v) is 9.79. The summed E-state index contributed by atoms with van der Waals surface area (Å²) in [7, 11) is 0. The van der Waals surface area contributed by atoms with Gasteiger partial charge in [-0.3, -0.25) is 4.79 Å². The van der Waals surface area contributed by atoms with E-state index in [2.05, 4.69) is 16.5 Å². The summed E-state index contributed by atoms with van der Waals surface area (Å²) >= 11 is 6.36. The van der Waals surface area contributed by atoms with E-state index in [4.69, 9.17) is 16.3 Å². The highest BCUT2D eigenvalue weighted by molar-refractivity contribution is 6.32. The van der Waals surface area contributed by atoms with Gasteiger partial charge in [-0.2, -0.15) is 10.4 Å². The van der Waals surface area contributed by atoms with Crippen molar-refractivity contribution >= 4 is 23.5 Å². The molecule has 0 saturated heterocycles. The lowest BCUT2D eigenvalue weighted by Gasteiger charge is -2.22. The van der Waals surface area contributed by atoms with Crippen LogP contribution in [0.15, 0.2) is 24.3 Å². The fourth-order valence-electron chi connectivity index (χ4n) is 3.17. The molecule has 3 rings (SSSR count). The monoisotopic (exact) mass is 414 g/mol. The molecule has 0 radical (unpaired) electrons. The Hall–Kier alpha value is -2.85. The molecule has 1 aliphatic rings. The maximum absolute atomic E-state index is 12.5. The molecule has 2 aromatic rings. The highest BCUT2D eigenvalue weighted by Gasteiger charge is 2.43. The number of halogens is 1. The molecule has 0 bridgehead atoms. The maximum atomic E-state index is 12.5. The zero-order chi connectivity index (χ0) is 21.2. The number of rotatable bonds is 7. The maximum Gasteiger partial charge on any atom is 0.343 e. The van der Waals surface area contributed by atoms with Gasteiger partial charge in [0.05, 0.1) is 18.3 Å². The molecular weight excluding hydrogens is 392 g/mol. The number of carbonyl (C=O) groups is 2. The van der Waals surface area contributed by atoms with Crippen LogP contribution in [0, 0.1) is 31.1 Å². The summed E-state index contributed by atoms with van der Waals surface area (Å²) in [5.41, 5.74) is 1.77. The largest absolute Gasteiger partial charge is 0.452 e. The van der Waals surface area contributed by atoms with E-state index < -0.39 is 24.0 Å². The average Bonchev–Trinajstić information content (AvgIpc) is 3.49. The van der Waals surface area contributed by atoms with Gasteiger partial charge in [0, 0.05) is 0 Å². The topological polar surface area (TPSA) is 97.0 Å². The second-order valence-electron chi connectivity index (χ2n) is 7.61. The van der Waals surface area contributed by atoms with Crippen molar-refractivity contribution < 1.29 is 14.3 Å². The van der Waals surface area contributed by atoms with Crippen LogP contribution in [-0.2, 0) is 16.1 Å². The summed E-state index contributed by atoms with van der Waals surface area (Å²) in [5.74, 6) is -1.10. The predicted octanol–water partition coefficient (Wildman–Crippen LogP) is 3.17. The van der Waals surface area contributed by atoms with Crippen LogP contribution in [0.2, 0.25) is 5.15 Å². The van der Waals surface area contributed by atoms with Gasteiger partial charge in [0.25, 0.3) is 5.91 Å². The first kappa shape index (κ1) is 20.9. The van der Waals surface area contributed by atoms with Gasteiger partial charge in [0.2, 0.25) is 0 Å². The molecule has 1 amide bonds. The Kier molecular flexibility index (Phi) is 5.94. The van der Waals surface area contributed by atoms with Gasteiger partial charge in [-0.15, -0.1) is 0 Å². The lowest BCUT2D eigenvalue weighted by molar-refractivity contribution is -0.125. The van der Waals surface area contributed by atoms with Crippen molar-refractivity contribution in [2.24, 2.45) is 5.92 Å². The molecular formula is C21H23ClN4O3. The standard InChI is InChI=1S/C21H23ClN4O3/c1-13-4-6-15(7-5-13)10-26-19(22)18(14(2)25-26)20(28)29-11-17(27)24-21(3,12-23)16-8-9-16/h4-7,16H,8-11H2,1-3H3,(H,24,27)/t21-/m0/s1. The Balaban J connectivity index is 1.63. The van der Waals surface area contributed by atoms with Gasteiger partial charge in [-0.1, -0.05) is 41.4 Å². The zero-order valence-electron chi connectivity index (χ0n) is 16.7. The number of amides is 1. The third-order valence-electron chi connectivity index (χ3n) is 5.08. The van der Waals surface area contributed by atoms with Crippen molar-refractivity contribution in [3.63, 3.8) is 0 Å². The van der Waals surface area contributed by atoms with E-state index in [0.717, 1.165) is 24.0 Å². The number of esters is 1. The van der Waals surface area contributed by atoms with E-state index in [1.165, 1.54) is 4.68 Å². The van der Waals surface area contributed by atoms with E-state index in [0.29, 0.717) is 12.2 Å². The molecule has 0 unspecified atom stereocenters. The summed E-state index contributed by atoms with van der Waals surface area (Å²) in [6.45, 7) is 5.27. The number of ether oxygens (including phenoxy) is 1. The summed E-state index contributed by atoms with van der Waals surface area (Å²) in [4.78, 5) is 24.6. The van der Waals surface area contributed by atoms with Gasteiger partial charge >= 0.3 is 5.97 Å². The van der Waals surface area contributed by atoms with Crippen LogP contribution < -0.4 is 5.32 Å². The Morgan fingerprint density at radius 3 is 2.59 bits per heavy atom. The van der Waals surface area contributed by atoms with Crippen molar-refractivity contribution in [1.29, 1.82) is 5.26 Å². The lowest BCUT2D eigenvalue weighted by Crippen LogP contribution is -2.48. The minimum absolute atomic E-state index is 0.136. The fourth-order valence-corrected chi connectivity index (χ4v) is 3.48. The first-order chi connectivity index (χ1) is 13.7. The van der Waals surface area contributed by atoms with Crippen LogP contribution in [0.4, 0.5) is 0 Å². The summed E-state index contributed by atoms with van der Waals surface area (Å²) < 4.78 is 6.65. The number of benzene rings is 1. The molecule has 0 aliphatic heterocycles. The molecule has 1 heterocycles. The van der Waals surface area contributed by atoms with Gasteiger partial charge in [0.1, 0.15) is 16.3 Å². The number of nitrogens with zero attached hydrogens (tertiary/aromatic N) is 3. The number of nitrogens with one attached hydrogen (secondary N) is 1. The second kappa shape index (κ2) is 8.26. The van der Waals surface area contributed by atoms with E-state index in [1.54, 1.807) is 13.8 Å². The van der Waals surface area contributed by atoms with Crippen LogP contribution in [0.25, 0.3) is 0 Å². The van der Waals surface area contributed by atoms with Crippen LogP contribution in [0.3, 0.4) is 0 Å². The molecule has 1 aromatic heterocycles. The average molecular weight is 415 g/mol. The van der Waals surface area contributed by atoms with E-state index in [1.807, 2.05) is 31.2 Å². The number of carbonyl (C=O) groups excluding carboxylic acids is 2. The Morgan fingerprint density at radius 2 is 2.00 bits per heavy atom. The Labute approximate surface area is 174 Å². The number of hydrogen-bond acceptors (Lipinski definition) is 5. The molecule has 0 spiro atoms. The SMILES string of the molecule is Cc1ccc(Cn2nc(C)c(C(=O)OCC(=O)N[C@@](C)(C#N)C3CC3)c2Cl)cc1. The predicted molar refractivity (Wildman–Crippen MR) is 107 cm³/mol. The van der Waals surface area contributed by atoms with Crippen molar-refractivity contribution in [3.8, 4) is 6.07 Å². The third kappa shape index (κ3) is 4.77. The smallest absolute Gasteiger partial charge is 0.343 e. The molecule has 152 valence electrons. The summed E-state index contributed by atoms with van der Waals surface area (Å²) in [5, 5.41) is 16.4. The Morgan fingerprint density at radius 1 is 1.34 bits per heavy atom. The number of aryl methyl sites for hydroxylation is 2. The number of nitriles is 1. The molecule has 1 aliphatic carbocycles. The van der Waals surface area contributed by atoms with Gasteiger partial charge in [0.15, 0.2) is 6.61 Å². The molecule has 7 nitrogen and oxygen atoms in total. The molecule has 29 heavy (non-hydrogen) atoms. The van der Waals surface area contributed by atoms with Crippen molar-refractivity contribution in [2.75, 3.05) is 6.61 Å². The minimum atomic E-state index is -0.935. The van der Waals surface area contributed by atoms with E-state index in [9.17, 15) is 14.9 Å². The molecule has 1 atom stereocenters. The minimum Gasteiger partial charge on any atom is -0.452 e. The molecule has 1 fully saturated rings. The zero-order valence-corrected chi connectivity index (χ0v) is 17.4. The van der Waals surface area contributed by atoms with Crippen molar-refractivity contribution in [2.45, 2.75) is 45.7 Å². The second-order valence-corrected chi connectivity index (χ2v) is 7.97. The first-order valence-electron chi connectivity index (χ1n) is 9.41. The quantitative estimate of drug-likeness (QED) is 0.702. The van der Waals surface area contributed by atoms with Crippen LogP contribution in [-0.4, -0.2) is 33.8 Å². The van der Waals surface area contributed by atoms with Crippen molar-refractivity contribution in [1.82, 2.24) is 15.1 Å². The number of aromatic nitrogens is 2. The number of hydrogen-bond donors (Lipinski definition) is 1. The highest BCUT2D eigenvalue weighted by Crippen LogP contribution is 2.39. The molecule has 8 heteroatoms. The van der Waals surface area contributed by atoms with Gasteiger partial charge < -0.3 is 10.1 Å². The van der Waals surface area contributed by atoms with Crippen LogP contribution in [0.5, 0.6) is 0 Å². The van der Waals surface area contributed by atoms with Crippen molar-refractivity contribution in [3.05, 3.63) is 51.8 Å². The normalized spacial score (nSPS) is 15.3. The van der Waals surface area contributed by atoms with E-state index in [-0.39, 0.29) is 16.6 Å². The fraction of sp³-hybridized carbons (Fsp3) is 0.429. The van der Waals surface area contributed by atoms with Crippen LogP contribution >= 0.6 is 11.6 Å².